The third kappa shape index (κ3) is 5.36. The monoisotopic (exact) mass is 654 g/mol. The number of halogens is 2. The molecule has 9 nitrogen and oxygen atoms in total. The van der Waals surface area contributed by atoms with Crippen molar-refractivity contribution >= 4 is 22.6 Å². The van der Waals surface area contributed by atoms with E-state index in [2.05, 4.69) is 43.9 Å². The van der Waals surface area contributed by atoms with Crippen molar-refractivity contribution in [3.63, 3.8) is 0 Å². The topological polar surface area (TPSA) is 90.3 Å². The second kappa shape index (κ2) is 11.3. The van der Waals surface area contributed by atoms with Gasteiger partial charge in [0.15, 0.2) is 17.3 Å². The summed E-state index contributed by atoms with van der Waals surface area (Å²) in [4.78, 5) is 12.4. The molecule has 0 bridgehead atoms. The second-order valence-corrected chi connectivity index (χ2v) is 13.9. The van der Waals surface area contributed by atoms with Gasteiger partial charge >= 0.3 is 0 Å². The van der Waals surface area contributed by atoms with Gasteiger partial charge in [-0.3, -0.25) is 10.00 Å². The maximum Gasteiger partial charge on any atom is 0.278 e. The van der Waals surface area contributed by atoms with Crippen LogP contribution in [0, 0.1) is 5.82 Å². The van der Waals surface area contributed by atoms with E-state index >= 15 is 0 Å². The molecule has 2 saturated heterocycles. The van der Waals surface area contributed by atoms with Gasteiger partial charge in [-0.1, -0.05) is 23.7 Å². The number of rotatable bonds is 8. The highest BCUT2D eigenvalue weighted by Gasteiger charge is 2.43. The Labute approximate surface area is 277 Å². The molecule has 3 aromatic carbocycles. The van der Waals surface area contributed by atoms with E-state index in [4.69, 9.17) is 35.8 Å². The summed E-state index contributed by atoms with van der Waals surface area (Å²) in [6.07, 6.45) is 5.60. The summed E-state index contributed by atoms with van der Waals surface area (Å²) in [5.74, 6) is 3.24. The summed E-state index contributed by atoms with van der Waals surface area (Å²) in [5.41, 5.74) is 4.49. The minimum atomic E-state index is -1.26. The van der Waals surface area contributed by atoms with Crippen molar-refractivity contribution in [2.24, 2.45) is 0 Å². The van der Waals surface area contributed by atoms with Gasteiger partial charge in [0, 0.05) is 35.6 Å². The summed E-state index contributed by atoms with van der Waals surface area (Å²) in [7, 11) is 0. The van der Waals surface area contributed by atoms with Crippen molar-refractivity contribution in [3.05, 3.63) is 88.2 Å². The number of imidazole rings is 1. The number of hydrogen-bond acceptors (Lipinski definition) is 7. The van der Waals surface area contributed by atoms with E-state index in [-0.39, 0.29) is 6.10 Å². The van der Waals surface area contributed by atoms with Crippen molar-refractivity contribution in [1.82, 2.24) is 29.6 Å². The van der Waals surface area contributed by atoms with E-state index in [0.717, 1.165) is 91.7 Å². The largest absolute Gasteiger partial charge is 0.444 e. The number of nitrogens with zero attached hydrogens (tertiary/aromatic N) is 5. The molecule has 0 spiro atoms. The highest BCUT2D eigenvalue weighted by molar-refractivity contribution is 6.30. The van der Waals surface area contributed by atoms with Crippen molar-refractivity contribution in [2.75, 3.05) is 19.7 Å². The molecule has 1 aliphatic carbocycles. The van der Waals surface area contributed by atoms with E-state index in [1.165, 1.54) is 18.9 Å². The number of nitrogens with one attached hydrogen (secondary N) is 1. The number of aromatic amines is 1. The van der Waals surface area contributed by atoms with Crippen LogP contribution < -0.4 is 9.47 Å². The Morgan fingerprint density at radius 2 is 1.83 bits per heavy atom. The van der Waals surface area contributed by atoms with E-state index in [1.807, 2.05) is 12.1 Å². The Bertz CT molecular complexity index is 1980. The lowest BCUT2D eigenvalue weighted by Crippen LogP contribution is -2.35. The molecule has 11 heteroatoms. The van der Waals surface area contributed by atoms with E-state index in [1.54, 1.807) is 19.1 Å². The van der Waals surface area contributed by atoms with Crippen molar-refractivity contribution in [2.45, 2.75) is 75.8 Å². The minimum Gasteiger partial charge on any atom is -0.444 e. The molecule has 3 aliphatic heterocycles. The summed E-state index contributed by atoms with van der Waals surface area (Å²) in [6, 6.07) is 17.0. The number of likely N-dealkylation sites (tertiary alicyclic amines) is 1. The normalized spacial score (nSPS) is 23.0. The van der Waals surface area contributed by atoms with Crippen molar-refractivity contribution in [3.8, 4) is 22.9 Å². The first-order valence-electron chi connectivity index (χ1n) is 16.6. The van der Waals surface area contributed by atoms with Gasteiger partial charge in [-0.05, 0) is 93.6 Å². The quantitative estimate of drug-likeness (QED) is 0.188. The Morgan fingerprint density at radius 3 is 2.60 bits per heavy atom. The molecule has 3 fully saturated rings. The third-order valence-electron chi connectivity index (χ3n) is 10.2. The van der Waals surface area contributed by atoms with Gasteiger partial charge < -0.3 is 18.8 Å². The van der Waals surface area contributed by atoms with E-state index in [0.29, 0.717) is 33.9 Å². The molecule has 1 saturated carbocycles. The zero-order valence-corrected chi connectivity index (χ0v) is 27.0. The van der Waals surface area contributed by atoms with Gasteiger partial charge in [-0.25, -0.2) is 14.4 Å². The van der Waals surface area contributed by atoms with Gasteiger partial charge in [-0.2, -0.15) is 5.10 Å². The average molecular weight is 655 g/mol. The van der Waals surface area contributed by atoms with Gasteiger partial charge in [0.05, 0.1) is 35.8 Å². The number of hydrogen-bond donors (Lipinski definition) is 1. The van der Waals surface area contributed by atoms with Crippen LogP contribution in [-0.2, 0) is 23.6 Å². The molecule has 47 heavy (non-hydrogen) atoms. The average Bonchev–Trinajstić information content (AvgIpc) is 3.50. The Morgan fingerprint density at radius 1 is 0.979 bits per heavy atom. The fourth-order valence-corrected chi connectivity index (χ4v) is 7.42. The molecule has 5 heterocycles. The summed E-state index contributed by atoms with van der Waals surface area (Å²) >= 11 is 6.01. The highest BCUT2D eigenvalue weighted by Crippen LogP contribution is 2.50. The number of aromatic nitrogens is 5. The number of ether oxygens (including phenoxy) is 3. The molecule has 2 atom stereocenters. The second-order valence-electron chi connectivity index (χ2n) is 13.4. The van der Waals surface area contributed by atoms with Crippen LogP contribution in [0.4, 0.5) is 4.39 Å². The number of para-hydroxylation sites is 1. The number of H-pyrrole nitrogens is 1. The van der Waals surface area contributed by atoms with Crippen LogP contribution in [0.3, 0.4) is 0 Å². The zero-order chi connectivity index (χ0) is 31.7. The number of fused-ring (bicyclic) bond motifs is 2. The van der Waals surface area contributed by atoms with Crippen molar-refractivity contribution < 1.29 is 18.6 Å². The standard InChI is InChI=1S/C36H36ClFN6O3/c1-36(27-9-8-24(37)18-28(27)38)46-31-4-2-3-26(33(31)47-36)21-11-14-43(15-12-21)20-32-39-29-17-23(35-40-34(41-42-35)22-5-6-22)7-10-30(29)44(32)19-25-13-16-45-25/h2-4,7-10,17-18,21-22,25H,5-6,11-16,19-20H2,1H3,(H,40,41,42)/t25-,36-/m0/s1. The molecule has 242 valence electrons. The molecule has 9 rings (SSSR count). The van der Waals surface area contributed by atoms with Gasteiger partial charge in [0.1, 0.15) is 17.5 Å². The first-order valence-corrected chi connectivity index (χ1v) is 17.0. The van der Waals surface area contributed by atoms with Crippen molar-refractivity contribution in [1.29, 1.82) is 0 Å². The van der Waals surface area contributed by atoms with E-state index in [9.17, 15) is 4.39 Å². The fourth-order valence-electron chi connectivity index (χ4n) is 7.26. The molecule has 0 unspecified atom stereocenters. The van der Waals surface area contributed by atoms with Crippen LogP contribution >= 0.6 is 11.6 Å². The van der Waals surface area contributed by atoms with E-state index < -0.39 is 11.6 Å². The van der Waals surface area contributed by atoms with Crippen LogP contribution in [0.2, 0.25) is 5.02 Å². The van der Waals surface area contributed by atoms with Crippen LogP contribution in [0.5, 0.6) is 11.5 Å². The predicted octanol–water partition coefficient (Wildman–Crippen LogP) is 7.30. The van der Waals surface area contributed by atoms with Crippen LogP contribution in [0.25, 0.3) is 22.4 Å². The molecule has 4 aliphatic rings. The predicted molar refractivity (Wildman–Crippen MR) is 175 cm³/mol. The number of piperidine rings is 1. The molecule has 2 aromatic heterocycles. The third-order valence-corrected chi connectivity index (χ3v) is 10.4. The smallest absolute Gasteiger partial charge is 0.278 e. The lowest BCUT2D eigenvalue weighted by molar-refractivity contribution is -0.0712. The summed E-state index contributed by atoms with van der Waals surface area (Å²) in [5, 5.41) is 7.96. The molecule has 0 amide bonds. The SMILES string of the molecule is C[C@]1(c2ccc(Cl)cc2F)Oc2cccc(C3CCN(Cc4nc5cc(-c6n[nH]c(C7CC7)n6)ccc5n4C[C@@H]4CCO4)CC3)c2O1. The van der Waals surface area contributed by atoms with Crippen LogP contribution in [0.1, 0.15) is 73.6 Å². The van der Waals surface area contributed by atoms with Crippen LogP contribution in [-0.4, -0.2) is 55.4 Å². The lowest BCUT2D eigenvalue weighted by atomic mass is 9.88. The van der Waals surface area contributed by atoms with Crippen LogP contribution in [0.15, 0.2) is 54.6 Å². The maximum atomic E-state index is 14.9. The Balaban J connectivity index is 0.926. The molecular formula is C36H36ClFN6O3. The summed E-state index contributed by atoms with van der Waals surface area (Å²) in [6.45, 7) is 5.99. The first-order chi connectivity index (χ1) is 22.9. The maximum absolute atomic E-state index is 14.9. The minimum absolute atomic E-state index is 0.222. The fraction of sp³-hybridized carbons (Fsp3) is 0.417. The van der Waals surface area contributed by atoms with Gasteiger partial charge in [0.2, 0.25) is 0 Å². The van der Waals surface area contributed by atoms with Gasteiger partial charge in [-0.15, -0.1) is 0 Å². The molecule has 0 radical (unpaired) electrons. The molecule has 1 N–H and O–H groups in total. The van der Waals surface area contributed by atoms with Gasteiger partial charge in [0.25, 0.3) is 5.79 Å². The Kier molecular flexibility index (Phi) is 7.02. The number of benzene rings is 3. The molecule has 5 aromatic rings. The molecular weight excluding hydrogens is 619 g/mol. The lowest BCUT2D eigenvalue weighted by Gasteiger charge is -2.33. The Hall–Kier alpha value is -3.99. The highest BCUT2D eigenvalue weighted by atomic mass is 35.5. The first kappa shape index (κ1) is 29.2. The summed E-state index contributed by atoms with van der Waals surface area (Å²) < 4.78 is 35.7. The zero-order valence-electron chi connectivity index (χ0n) is 26.2.